The first-order valence-corrected chi connectivity index (χ1v) is 6.22. The van der Waals surface area contributed by atoms with Gasteiger partial charge in [0.2, 0.25) is 0 Å². The Balaban J connectivity index is 2.30. The molecule has 0 radical (unpaired) electrons. The fourth-order valence-electron chi connectivity index (χ4n) is 1.51. The molecule has 19 heavy (non-hydrogen) atoms. The maximum Gasteiger partial charge on any atom is 0.280 e. The van der Waals surface area contributed by atoms with Crippen LogP contribution in [0.2, 0.25) is 10.0 Å². The molecule has 0 aliphatic rings. The fraction of sp³-hybridized carbons (Fsp3) is 0. The summed E-state index contributed by atoms with van der Waals surface area (Å²) in [6, 6.07) is 13.6. The van der Waals surface area contributed by atoms with E-state index in [0.29, 0.717) is 10.6 Å². The van der Waals surface area contributed by atoms with E-state index in [2.05, 4.69) is 4.99 Å². The van der Waals surface area contributed by atoms with Gasteiger partial charge in [-0.1, -0.05) is 53.5 Å². The Morgan fingerprint density at radius 2 is 1.74 bits per heavy atom. The molecule has 96 valence electrons. The van der Waals surface area contributed by atoms with E-state index in [9.17, 15) is 4.79 Å². The van der Waals surface area contributed by atoms with Crippen LogP contribution < -0.4 is 5.73 Å². The molecular weight excluding hydrogens is 283 g/mol. The van der Waals surface area contributed by atoms with Crippen molar-refractivity contribution in [3.05, 3.63) is 69.7 Å². The maximum absolute atomic E-state index is 12.0. The summed E-state index contributed by atoms with van der Waals surface area (Å²) in [5.74, 6) is -0.348. The van der Waals surface area contributed by atoms with Gasteiger partial charge in [-0.25, -0.2) is 0 Å². The van der Waals surface area contributed by atoms with E-state index in [-0.39, 0.29) is 16.4 Å². The fourth-order valence-corrected chi connectivity index (χ4v) is 2.00. The largest absolute Gasteiger partial charge is 0.383 e. The number of carbonyl (C=O) groups is 1. The van der Waals surface area contributed by atoms with Crippen molar-refractivity contribution in [2.24, 2.45) is 10.7 Å². The first kappa shape index (κ1) is 13.6. The van der Waals surface area contributed by atoms with Crippen molar-refractivity contribution in [1.29, 1.82) is 0 Å². The summed E-state index contributed by atoms with van der Waals surface area (Å²) in [5.41, 5.74) is 6.72. The van der Waals surface area contributed by atoms with E-state index in [4.69, 9.17) is 28.9 Å². The van der Waals surface area contributed by atoms with E-state index in [1.807, 2.05) is 18.2 Å². The molecule has 0 aliphatic carbocycles. The smallest absolute Gasteiger partial charge is 0.280 e. The molecule has 0 aromatic heterocycles. The van der Waals surface area contributed by atoms with E-state index in [1.165, 1.54) is 12.1 Å². The lowest BCUT2D eigenvalue weighted by atomic mass is 10.2. The molecule has 2 N–H and O–H groups in total. The summed E-state index contributed by atoms with van der Waals surface area (Å²) >= 11 is 11.7. The average Bonchev–Trinajstić information content (AvgIpc) is 2.39. The summed E-state index contributed by atoms with van der Waals surface area (Å²) in [6.07, 6.45) is 0. The standard InChI is InChI=1S/C14H10Cl2N2O/c15-10-6-7-11(12(16)8-10)14(19)18-13(17)9-4-2-1-3-5-9/h1-8H,(H2,17,18,19). The second-order valence-corrected chi connectivity index (χ2v) is 4.64. The molecule has 0 saturated carbocycles. The minimum atomic E-state index is -0.497. The number of hydrogen-bond donors (Lipinski definition) is 1. The van der Waals surface area contributed by atoms with Crippen LogP contribution >= 0.6 is 23.2 Å². The van der Waals surface area contributed by atoms with Gasteiger partial charge in [0, 0.05) is 10.6 Å². The topological polar surface area (TPSA) is 55.4 Å². The molecule has 0 aliphatic heterocycles. The number of amidine groups is 1. The van der Waals surface area contributed by atoms with Crippen LogP contribution in [0.1, 0.15) is 15.9 Å². The van der Waals surface area contributed by atoms with Crippen molar-refractivity contribution in [1.82, 2.24) is 0 Å². The van der Waals surface area contributed by atoms with Crippen LogP contribution in [-0.2, 0) is 0 Å². The number of rotatable bonds is 2. The van der Waals surface area contributed by atoms with Crippen molar-refractivity contribution in [3.63, 3.8) is 0 Å². The summed E-state index contributed by atoms with van der Waals surface area (Å²) in [4.78, 5) is 15.8. The van der Waals surface area contributed by atoms with Crippen LogP contribution in [0.15, 0.2) is 53.5 Å². The lowest BCUT2D eigenvalue weighted by Gasteiger charge is -2.02. The first-order valence-electron chi connectivity index (χ1n) is 5.47. The number of amides is 1. The highest BCUT2D eigenvalue weighted by molar-refractivity contribution is 6.37. The Labute approximate surface area is 120 Å². The number of nitrogens with two attached hydrogens (primary N) is 1. The van der Waals surface area contributed by atoms with Crippen LogP contribution in [0, 0.1) is 0 Å². The Bertz CT molecular complexity index is 639. The van der Waals surface area contributed by atoms with Crippen molar-refractivity contribution in [2.75, 3.05) is 0 Å². The third-order valence-corrected chi connectivity index (χ3v) is 3.00. The van der Waals surface area contributed by atoms with Gasteiger partial charge in [-0.05, 0) is 18.2 Å². The van der Waals surface area contributed by atoms with Gasteiger partial charge in [-0.2, -0.15) is 4.99 Å². The van der Waals surface area contributed by atoms with E-state index < -0.39 is 5.91 Å². The molecule has 0 heterocycles. The number of hydrogen-bond acceptors (Lipinski definition) is 1. The summed E-state index contributed by atoms with van der Waals surface area (Å²) in [5, 5.41) is 0.712. The predicted molar refractivity (Wildman–Crippen MR) is 78.0 cm³/mol. The molecule has 0 saturated heterocycles. The highest BCUT2D eigenvalue weighted by atomic mass is 35.5. The molecule has 0 bridgehead atoms. The van der Waals surface area contributed by atoms with E-state index in [1.54, 1.807) is 18.2 Å². The molecule has 5 heteroatoms. The SMILES string of the molecule is NC(=NC(=O)c1ccc(Cl)cc1Cl)c1ccccc1. The van der Waals surface area contributed by atoms with Crippen molar-refractivity contribution in [3.8, 4) is 0 Å². The zero-order chi connectivity index (χ0) is 13.8. The van der Waals surface area contributed by atoms with Crippen LogP contribution in [0.5, 0.6) is 0 Å². The van der Waals surface area contributed by atoms with Gasteiger partial charge in [0.15, 0.2) is 0 Å². The summed E-state index contributed by atoms with van der Waals surface area (Å²) in [7, 11) is 0. The van der Waals surface area contributed by atoms with Gasteiger partial charge in [0.1, 0.15) is 5.84 Å². The van der Waals surface area contributed by atoms with E-state index >= 15 is 0 Å². The van der Waals surface area contributed by atoms with Crippen molar-refractivity contribution in [2.45, 2.75) is 0 Å². The molecule has 0 spiro atoms. The Morgan fingerprint density at radius 3 is 2.37 bits per heavy atom. The quantitative estimate of drug-likeness (QED) is 0.680. The number of halogens is 2. The third-order valence-electron chi connectivity index (χ3n) is 2.45. The highest BCUT2D eigenvalue weighted by Crippen LogP contribution is 2.21. The lowest BCUT2D eigenvalue weighted by molar-refractivity contribution is 0.100. The molecule has 0 atom stereocenters. The molecule has 2 aromatic rings. The third kappa shape index (κ3) is 3.34. The van der Waals surface area contributed by atoms with Crippen molar-refractivity contribution >= 4 is 34.9 Å². The molecular formula is C14H10Cl2N2O. The lowest BCUT2D eigenvalue weighted by Crippen LogP contribution is -2.15. The van der Waals surface area contributed by atoms with Crippen LogP contribution in [0.4, 0.5) is 0 Å². The molecule has 3 nitrogen and oxygen atoms in total. The number of benzene rings is 2. The monoisotopic (exact) mass is 292 g/mol. The summed E-state index contributed by atoms with van der Waals surface area (Å²) in [6.45, 7) is 0. The Morgan fingerprint density at radius 1 is 1.05 bits per heavy atom. The zero-order valence-electron chi connectivity index (χ0n) is 9.81. The average molecular weight is 293 g/mol. The predicted octanol–water partition coefficient (Wildman–Crippen LogP) is 3.54. The highest BCUT2D eigenvalue weighted by Gasteiger charge is 2.10. The maximum atomic E-state index is 12.0. The minimum absolute atomic E-state index is 0.150. The normalized spacial score (nSPS) is 11.4. The molecule has 0 unspecified atom stereocenters. The molecule has 2 aromatic carbocycles. The van der Waals surface area contributed by atoms with Crippen LogP contribution in [0.3, 0.4) is 0 Å². The number of nitrogens with zero attached hydrogens (tertiary/aromatic N) is 1. The minimum Gasteiger partial charge on any atom is -0.383 e. The van der Waals surface area contributed by atoms with Gasteiger partial charge in [0.25, 0.3) is 5.91 Å². The van der Waals surface area contributed by atoms with Gasteiger partial charge >= 0.3 is 0 Å². The van der Waals surface area contributed by atoms with Crippen LogP contribution in [0.25, 0.3) is 0 Å². The number of carbonyl (C=O) groups excluding carboxylic acids is 1. The van der Waals surface area contributed by atoms with E-state index in [0.717, 1.165) is 0 Å². The first-order chi connectivity index (χ1) is 9.08. The van der Waals surface area contributed by atoms with Gasteiger partial charge in [-0.15, -0.1) is 0 Å². The Kier molecular flexibility index (Phi) is 4.20. The Hall–Kier alpha value is -1.84. The van der Waals surface area contributed by atoms with Gasteiger partial charge < -0.3 is 5.73 Å². The zero-order valence-corrected chi connectivity index (χ0v) is 11.3. The second kappa shape index (κ2) is 5.87. The summed E-state index contributed by atoms with van der Waals surface area (Å²) < 4.78 is 0. The molecule has 0 fully saturated rings. The van der Waals surface area contributed by atoms with Gasteiger partial charge in [0.05, 0.1) is 10.6 Å². The van der Waals surface area contributed by atoms with Crippen molar-refractivity contribution < 1.29 is 4.79 Å². The van der Waals surface area contributed by atoms with Gasteiger partial charge in [-0.3, -0.25) is 4.79 Å². The van der Waals surface area contributed by atoms with Crippen LogP contribution in [-0.4, -0.2) is 11.7 Å². The second-order valence-electron chi connectivity index (χ2n) is 3.79. The number of aliphatic imine (C=N–C) groups is 1. The molecule has 1 amide bonds. The molecule has 2 rings (SSSR count).